The minimum Gasteiger partial charge on any atom is -0.497 e. The number of likely N-dealkylation sites (tertiary alicyclic amines) is 2. The van der Waals surface area contributed by atoms with Crippen LogP contribution < -0.4 is 9.46 Å². The fourth-order valence-corrected chi connectivity index (χ4v) is 10.7. The fraction of sp³-hybridized carbons (Fsp3) is 0.526. The number of hydrogen-bond acceptors (Lipinski definition) is 5. The van der Waals surface area contributed by atoms with Crippen LogP contribution in [0.3, 0.4) is 0 Å². The van der Waals surface area contributed by atoms with Crippen LogP contribution in [0.5, 0.6) is 5.75 Å². The first kappa shape index (κ1) is 29.0. The van der Waals surface area contributed by atoms with Crippen molar-refractivity contribution in [3.05, 3.63) is 64.1 Å². The third kappa shape index (κ3) is 3.77. The second kappa shape index (κ2) is 10.1. The first-order valence-corrected chi connectivity index (χ1v) is 18.1. The van der Waals surface area contributed by atoms with Crippen molar-refractivity contribution in [2.45, 2.75) is 101 Å². The molecule has 0 radical (unpaired) electrons. The molecule has 5 unspecified atom stereocenters. The molecule has 8 heteroatoms. The van der Waals surface area contributed by atoms with E-state index in [9.17, 15) is 9.59 Å². The summed E-state index contributed by atoms with van der Waals surface area (Å²) in [4.78, 5) is 33.1. The van der Waals surface area contributed by atoms with Gasteiger partial charge in [0.1, 0.15) is 5.75 Å². The Labute approximate surface area is 275 Å². The van der Waals surface area contributed by atoms with E-state index in [0.29, 0.717) is 36.0 Å². The van der Waals surface area contributed by atoms with Gasteiger partial charge in [0.15, 0.2) is 0 Å². The van der Waals surface area contributed by atoms with E-state index in [-0.39, 0.29) is 17.4 Å². The lowest BCUT2D eigenvalue weighted by Crippen LogP contribution is -2.96. The standard InChI is InChI=1S/C38H44N4O3S/c1-22(2)20-46-39-35(43)24-10-12-27-30(16-24)41-21-37(36(44)42-31-14-15-38(31)32(42)19-40(38)3)18-29(37)28-17-25(45-4)11-13-26(28)34(41)33(27)23-8-6-5-7-9-23/h10-13,16-17,20,23,29,31-32H,5-9,14-15,18-19,21H2,1-4H3,(H,39,43). The molecule has 1 N–H and O–H groups in total. The Morgan fingerprint density at radius 1 is 1.04 bits per heavy atom. The van der Waals surface area contributed by atoms with Crippen LogP contribution in [-0.4, -0.2) is 64.5 Å². The Balaban J connectivity index is 1.21. The molecule has 46 heavy (non-hydrogen) atoms. The number of likely N-dealkylation sites (N-methyl/N-ethyl adjacent to an activating group) is 1. The molecule has 3 aliphatic carbocycles. The van der Waals surface area contributed by atoms with Crippen molar-refractivity contribution in [1.29, 1.82) is 0 Å². The number of carbonyl (C=O) groups is 2. The monoisotopic (exact) mass is 636 g/mol. The second-order valence-electron chi connectivity index (χ2n) is 15.2. The van der Waals surface area contributed by atoms with E-state index in [4.69, 9.17) is 4.74 Å². The average molecular weight is 637 g/mol. The minimum atomic E-state index is -0.477. The topological polar surface area (TPSA) is 66.8 Å². The van der Waals surface area contributed by atoms with Crippen LogP contribution in [0.1, 0.15) is 98.5 Å². The van der Waals surface area contributed by atoms with Crippen molar-refractivity contribution in [2.24, 2.45) is 5.41 Å². The molecule has 6 aliphatic rings. The van der Waals surface area contributed by atoms with Crippen molar-refractivity contribution in [3.63, 3.8) is 0 Å². The van der Waals surface area contributed by atoms with E-state index >= 15 is 0 Å². The molecule has 5 fully saturated rings. The summed E-state index contributed by atoms with van der Waals surface area (Å²) in [6.07, 6.45) is 9.33. The predicted octanol–water partition coefficient (Wildman–Crippen LogP) is 7.21. The van der Waals surface area contributed by atoms with Crippen LogP contribution in [0, 0.1) is 5.41 Å². The third-order valence-electron chi connectivity index (χ3n) is 12.7. The molecule has 2 amide bonds. The maximum Gasteiger partial charge on any atom is 0.261 e. The number of ether oxygens (including phenoxy) is 1. The zero-order valence-corrected chi connectivity index (χ0v) is 28.2. The van der Waals surface area contributed by atoms with Crippen LogP contribution >= 0.6 is 11.9 Å². The molecule has 3 aromatic rings. The molecule has 7 nitrogen and oxygen atoms in total. The van der Waals surface area contributed by atoms with Crippen LogP contribution in [0.4, 0.5) is 0 Å². The van der Waals surface area contributed by atoms with Crippen molar-refractivity contribution in [3.8, 4) is 17.0 Å². The van der Waals surface area contributed by atoms with Gasteiger partial charge in [-0.05, 0) is 118 Å². The van der Waals surface area contributed by atoms with Crippen LogP contribution in [-0.2, 0) is 11.3 Å². The lowest BCUT2D eigenvalue weighted by atomic mass is 9.52. The summed E-state index contributed by atoms with van der Waals surface area (Å²) < 4.78 is 11.3. The second-order valence-corrected chi connectivity index (χ2v) is 15.9. The summed E-state index contributed by atoms with van der Waals surface area (Å²) in [5.41, 5.74) is 7.83. The SMILES string of the molecule is COc1ccc2c(c1)C1CC1(C(=O)N1C3CCC34C1CN4C)Cn1c-2c(C2CCCCC2)c2ccc(C(=O)NSC=C(C)C)cc21. The normalized spacial score (nSPS) is 30.6. The molecule has 4 heterocycles. The molecule has 3 saturated carbocycles. The number of methoxy groups -OCH3 is 1. The number of piperidine rings is 1. The summed E-state index contributed by atoms with van der Waals surface area (Å²) in [6, 6.07) is 13.5. The summed E-state index contributed by atoms with van der Waals surface area (Å²) in [5.74, 6) is 1.74. The van der Waals surface area contributed by atoms with Gasteiger partial charge < -0.3 is 14.2 Å². The van der Waals surface area contributed by atoms with E-state index in [1.165, 1.54) is 78.2 Å². The smallest absolute Gasteiger partial charge is 0.261 e. The number of hydrogen-bond donors (Lipinski definition) is 1. The van der Waals surface area contributed by atoms with Crippen molar-refractivity contribution >= 4 is 34.7 Å². The molecule has 5 atom stereocenters. The number of carbonyl (C=O) groups excluding carboxylic acids is 2. The fourth-order valence-electron chi connectivity index (χ4n) is 10.2. The number of benzene rings is 2. The van der Waals surface area contributed by atoms with Crippen LogP contribution in [0.25, 0.3) is 22.2 Å². The molecular weight excluding hydrogens is 593 g/mol. The molecule has 240 valence electrons. The first-order valence-electron chi connectivity index (χ1n) is 17.3. The average Bonchev–Trinajstić information content (AvgIpc) is 3.71. The highest BCUT2D eigenvalue weighted by Gasteiger charge is 2.78. The lowest BCUT2D eigenvalue weighted by molar-refractivity contribution is -0.278. The number of allylic oxidation sites excluding steroid dienone is 1. The van der Waals surface area contributed by atoms with Gasteiger partial charge in [-0.25, -0.2) is 0 Å². The Bertz CT molecular complexity index is 1830. The number of nitrogens with one attached hydrogen (secondary N) is 1. The summed E-state index contributed by atoms with van der Waals surface area (Å²) in [5, 5.41) is 3.20. The highest BCUT2D eigenvalue weighted by atomic mass is 32.2. The van der Waals surface area contributed by atoms with Gasteiger partial charge in [-0.15, -0.1) is 0 Å². The summed E-state index contributed by atoms with van der Waals surface area (Å²) in [6.45, 7) is 5.69. The number of fused-ring (bicyclic) bond motifs is 7. The van der Waals surface area contributed by atoms with Crippen molar-refractivity contribution in [2.75, 3.05) is 20.7 Å². The van der Waals surface area contributed by atoms with Gasteiger partial charge in [-0.3, -0.25) is 19.2 Å². The highest BCUT2D eigenvalue weighted by molar-refractivity contribution is 8.00. The van der Waals surface area contributed by atoms with Crippen LogP contribution in [0.2, 0.25) is 0 Å². The zero-order chi connectivity index (χ0) is 31.5. The summed E-state index contributed by atoms with van der Waals surface area (Å²) >= 11 is 1.32. The van der Waals surface area contributed by atoms with E-state index in [2.05, 4.69) is 56.5 Å². The van der Waals surface area contributed by atoms with Gasteiger partial charge in [0.25, 0.3) is 5.91 Å². The van der Waals surface area contributed by atoms with E-state index < -0.39 is 5.41 Å². The summed E-state index contributed by atoms with van der Waals surface area (Å²) in [7, 11) is 3.97. The molecule has 9 rings (SSSR count). The Kier molecular flexibility index (Phi) is 6.38. The Hall–Kier alpha value is -3.23. The molecule has 2 aromatic carbocycles. The molecular formula is C38H44N4O3S. The Morgan fingerprint density at radius 3 is 2.57 bits per heavy atom. The molecule has 2 saturated heterocycles. The minimum absolute atomic E-state index is 0.0935. The van der Waals surface area contributed by atoms with Gasteiger partial charge in [0, 0.05) is 41.0 Å². The van der Waals surface area contributed by atoms with Gasteiger partial charge in [-0.1, -0.05) is 30.9 Å². The number of piperazine rings is 1. The van der Waals surface area contributed by atoms with Crippen LogP contribution in [0.15, 0.2) is 47.4 Å². The number of amides is 2. The largest absolute Gasteiger partial charge is 0.497 e. The van der Waals surface area contributed by atoms with E-state index in [1.807, 2.05) is 25.3 Å². The molecule has 1 spiro atoms. The quantitative estimate of drug-likeness (QED) is 0.290. The number of aromatic nitrogens is 1. The number of rotatable bonds is 6. The maximum absolute atomic E-state index is 14.9. The first-order chi connectivity index (χ1) is 22.3. The van der Waals surface area contributed by atoms with Crippen molar-refractivity contribution < 1.29 is 14.3 Å². The van der Waals surface area contributed by atoms with Gasteiger partial charge >= 0.3 is 0 Å². The number of nitrogens with zero attached hydrogens (tertiary/aromatic N) is 3. The van der Waals surface area contributed by atoms with Gasteiger partial charge in [-0.2, -0.15) is 0 Å². The lowest BCUT2D eigenvalue weighted by Gasteiger charge is -2.80. The van der Waals surface area contributed by atoms with Gasteiger partial charge in [0.05, 0.1) is 35.8 Å². The molecule has 3 aliphatic heterocycles. The van der Waals surface area contributed by atoms with Crippen molar-refractivity contribution in [1.82, 2.24) is 19.1 Å². The van der Waals surface area contributed by atoms with E-state index in [0.717, 1.165) is 36.2 Å². The zero-order valence-electron chi connectivity index (χ0n) is 27.4. The Morgan fingerprint density at radius 2 is 1.87 bits per heavy atom. The maximum atomic E-state index is 14.9. The highest BCUT2D eigenvalue weighted by Crippen LogP contribution is 2.69. The third-order valence-corrected chi connectivity index (χ3v) is 13.6. The molecule has 0 bridgehead atoms. The predicted molar refractivity (Wildman–Crippen MR) is 183 cm³/mol. The molecule has 1 aromatic heterocycles. The van der Waals surface area contributed by atoms with E-state index in [1.54, 1.807) is 7.11 Å². The van der Waals surface area contributed by atoms with Gasteiger partial charge in [0.2, 0.25) is 5.91 Å².